The topological polar surface area (TPSA) is 98.3 Å². The SMILES string of the molecule is CC1Cc2cc(S(N)(=O)=O)ccc2N1C(=O)CSc1nc2cc(Cl)ccc2n1C. The number of fused-ring (bicyclic) bond motifs is 2. The fourth-order valence-electron chi connectivity index (χ4n) is 3.64. The van der Waals surface area contributed by atoms with E-state index < -0.39 is 10.0 Å². The highest BCUT2D eigenvalue weighted by molar-refractivity contribution is 7.99. The fraction of sp³-hybridized carbons (Fsp3) is 0.263. The number of carbonyl (C=O) groups excluding carboxylic acids is 1. The zero-order valence-electron chi connectivity index (χ0n) is 15.8. The van der Waals surface area contributed by atoms with Crippen molar-refractivity contribution in [1.29, 1.82) is 0 Å². The van der Waals surface area contributed by atoms with Crippen molar-refractivity contribution in [2.45, 2.75) is 29.4 Å². The van der Waals surface area contributed by atoms with Crippen LogP contribution in [0.4, 0.5) is 5.69 Å². The average Bonchev–Trinajstić information content (AvgIpc) is 3.14. The number of halogens is 1. The Morgan fingerprint density at radius 2 is 2.07 bits per heavy atom. The standard InChI is InChI=1S/C19H19ClN4O3S2/c1-11-7-12-8-14(29(21,26)27)4-6-16(12)24(11)18(25)10-28-19-22-15-9-13(20)3-5-17(15)23(19)2/h3-6,8-9,11H,7,10H2,1-2H3,(H2,21,26,27). The second kappa shape index (κ2) is 7.32. The maximum atomic E-state index is 13.0. The quantitative estimate of drug-likeness (QED) is 0.616. The number of thioether (sulfide) groups is 1. The van der Waals surface area contributed by atoms with Gasteiger partial charge in [0.05, 0.1) is 21.7 Å². The number of carbonyl (C=O) groups is 1. The van der Waals surface area contributed by atoms with Gasteiger partial charge in [0.1, 0.15) is 0 Å². The molecule has 0 saturated carbocycles. The summed E-state index contributed by atoms with van der Waals surface area (Å²) in [4.78, 5) is 19.3. The minimum Gasteiger partial charge on any atom is -0.322 e. The van der Waals surface area contributed by atoms with E-state index in [1.807, 2.05) is 30.7 Å². The second-order valence-corrected chi connectivity index (χ2v) is 9.97. The van der Waals surface area contributed by atoms with Gasteiger partial charge in [0, 0.05) is 23.8 Å². The Balaban J connectivity index is 1.55. The molecule has 0 radical (unpaired) electrons. The van der Waals surface area contributed by atoms with E-state index in [1.165, 1.54) is 17.8 Å². The van der Waals surface area contributed by atoms with Gasteiger partial charge >= 0.3 is 0 Å². The highest BCUT2D eigenvalue weighted by Gasteiger charge is 2.31. The summed E-state index contributed by atoms with van der Waals surface area (Å²) >= 11 is 7.39. The molecule has 3 aromatic rings. The molecule has 29 heavy (non-hydrogen) atoms. The lowest BCUT2D eigenvalue weighted by atomic mass is 10.1. The zero-order chi connectivity index (χ0) is 20.9. The van der Waals surface area contributed by atoms with Gasteiger partial charge in [-0.3, -0.25) is 4.79 Å². The van der Waals surface area contributed by atoms with Gasteiger partial charge in [-0.25, -0.2) is 18.5 Å². The number of anilines is 1. The minimum atomic E-state index is -3.77. The lowest BCUT2D eigenvalue weighted by Gasteiger charge is -2.22. The normalized spacial score (nSPS) is 16.4. The van der Waals surface area contributed by atoms with Crippen molar-refractivity contribution in [3.05, 3.63) is 47.0 Å². The summed E-state index contributed by atoms with van der Waals surface area (Å²) in [6.45, 7) is 1.94. The Morgan fingerprint density at radius 1 is 1.31 bits per heavy atom. The number of hydrogen-bond acceptors (Lipinski definition) is 5. The third-order valence-electron chi connectivity index (χ3n) is 4.99. The van der Waals surface area contributed by atoms with E-state index in [0.717, 1.165) is 27.4 Å². The predicted octanol–water partition coefficient (Wildman–Crippen LogP) is 2.94. The number of benzene rings is 2. The van der Waals surface area contributed by atoms with E-state index in [9.17, 15) is 13.2 Å². The molecule has 1 aliphatic rings. The van der Waals surface area contributed by atoms with Crippen LogP contribution in [0.1, 0.15) is 12.5 Å². The Bertz CT molecular complexity index is 1240. The molecule has 1 aromatic heterocycles. The number of imidazole rings is 1. The summed E-state index contributed by atoms with van der Waals surface area (Å²) in [7, 11) is -1.87. The Hall–Kier alpha value is -2.07. The molecule has 4 rings (SSSR count). The Morgan fingerprint density at radius 3 is 2.79 bits per heavy atom. The molecule has 2 heterocycles. The molecule has 0 spiro atoms. The van der Waals surface area contributed by atoms with Crippen LogP contribution in [0, 0.1) is 0 Å². The third kappa shape index (κ3) is 3.75. The predicted molar refractivity (Wildman–Crippen MR) is 115 cm³/mol. The number of primary sulfonamides is 1. The monoisotopic (exact) mass is 450 g/mol. The average molecular weight is 451 g/mol. The molecule has 1 atom stereocenters. The van der Waals surface area contributed by atoms with E-state index in [2.05, 4.69) is 4.98 Å². The second-order valence-electron chi connectivity index (χ2n) is 7.03. The van der Waals surface area contributed by atoms with Gasteiger partial charge in [0.2, 0.25) is 15.9 Å². The molecule has 10 heteroatoms. The van der Waals surface area contributed by atoms with Crippen LogP contribution >= 0.6 is 23.4 Å². The number of amides is 1. The first-order valence-electron chi connectivity index (χ1n) is 8.87. The van der Waals surface area contributed by atoms with E-state index in [1.54, 1.807) is 23.1 Å². The molecule has 0 aliphatic carbocycles. The summed E-state index contributed by atoms with van der Waals surface area (Å²) in [6.07, 6.45) is 0.583. The van der Waals surface area contributed by atoms with Gasteiger partial charge in [0.25, 0.3) is 0 Å². The molecule has 0 saturated heterocycles. The van der Waals surface area contributed by atoms with E-state index >= 15 is 0 Å². The molecule has 1 unspecified atom stereocenters. The first kappa shape index (κ1) is 20.2. The fourth-order valence-corrected chi connectivity index (χ4v) is 5.22. The van der Waals surface area contributed by atoms with Gasteiger partial charge in [0.15, 0.2) is 5.16 Å². The molecule has 1 amide bonds. The number of hydrogen-bond donors (Lipinski definition) is 1. The Labute approximate surface area is 177 Å². The van der Waals surface area contributed by atoms with E-state index in [-0.39, 0.29) is 22.6 Å². The zero-order valence-corrected chi connectivity index (χ0v) is 18.2. The van der Waals surface area contributed by atoms with Crippen molar-refractivity contribution in [3.63, 3.8) is 0 Å². The first-order chi connectivity index (χ1) is 13.6. The van der Waals surface area contributed by atoms with Crippen molar-refractivity contribution in [2.75, 3.05) is 10.7 Å². The van der Waals surface area contributed by atoms with Crippen LogP contribution in [0.2, 0.25) is 5.02 Å². The van der Waals surface area contributed by atoms with Crippen molar-refractivity contribution in [1.82, 2.24) is 9.55 Å². The number of aromatic nitrogens is 2. The number of sulfonamides is 1. The van der Waals surface area contributed by atoms with Gasteiger partial charge in [-0.05, 0) is 55.3 Å². The number of rotatable bonds is 4. The summed E-state index contributed by atoms with van der Waals surface area (Å²) in [5, 5.41) is 6.56. The first-order valence-corrected chi connectivity index (χ1v) is 11.8. The molecule has 1 aliphatic heterocycles. The number of nitrogens with two attached hydrogens (primary N) is 1. The van der Waals surface area contributed by atoms with Crippen molar-refractivity contribution < 1.29 is 13.2 Å². The molecule has 2 aromatic carbocycles. The molecule has 152 valence electrons. The van der Waals surface area contributed by atoms with Gasteiger partial charge in [-0.1, -0.05) is 23.4 Å². The maximum absolute atomic E-state index is 13.0. The van der Waals surface area contributed by atoms with Crippen LogP contribution in [-0.4, -0.2) is 35.7 Å². The molecule has 0 bridgehead atoms. The van der Waals surface area contributed by atoms with Crippen molar-refractivity contribution >= 4 is 56.0 Å². The third-order valence-corrected chi connectivity index (χ3v) is 7.15. The molecule has 7 nitrogen and oxygen atoms in total. The molecule has 2 N–H and O–H groups in total. The summed E-state index contributed by atoms with van der Waals surface area (Å²) < 4.78 is 25.1. The smallest absolute Gasteiger partial charge is 0.238 e. The summed E-state index contributed by atoms with van der Waals surface area (Å²) in [5.74, 6) is 0.153. The van der Waals surface area contributed by atoms with Crippen LogP contribution in [0.25, 0.3) is 11.0 Å². The minimum absolute atomic E-state index is 0.0605. The number of nitrogens with zero attached hydrogens (tertiary/aromatic N) is 3. The molecular formula is C19H19ClN4O3S2. The van der Waals surface area contributed by atoms with Crippen molar-refractivity contribution in [2.24, 2.45) is 12.2 Å². The maximum Gasteiger partial charge on any atom is 0.238 e. The highest BCUT2D eigenvalue weighted by atomic mass is 35.5. The van der Waals surface area contributed by atoms with Crippen LogP contribution in [0.3, 0.4) is 0 Å². The van der Waals surface area contributed by atoms with E-state index in [4.69, 9.17) is 16.7 Å². The van der Waals surface area contributed by atoms with Crippen LogP contribution in [0.15, 0.2) is 46.5 Å². The van der Waals surface area contributed by atoms with Crippen LogP contribution in [-0.2, 0) is 28.3 Å². The molecular weight excluding hydrogens is 432 g/mol. The van der Waals surface area contributed by atoms with Crippen LogP contribution in [0.5, 0.6) is 0 Å². The summed E-state index contributed by atoms with van der Waals surface area (Å²) in [5.41, 5.74) is 3.26. The van der Waals surface area contributed by atoms with Crippen LogP contribution < -0.4 is 10.0 Å². The van der Waals surface area contributed by atoms with Crippen molar-refractivity contribution in [3.8, 4) is 0 Å². The lowest BCUT2D eigenvalue weighted by molar-refractivity contribution is -0.116. The largest absolute Gasteiger partial charge is 0.322 e. The Kier molecular flexibility index (Phi) is 5.10. The van der Waals surface area contributed by atoms with Gasteiger partial charge < -0.3 is 9.47 Å². The van der Waals surface area contributed by atoms with Gasteiger partial charge in [-0.15, -0.1) is 0 Å². The lowest BCUT2D eigenvalue weighted by Crippen LogP contribution is -2.37. The van der Waals surface area contributed by atoms with E-state index in [0.29, 0.717) is 11.4 Å². The summed E-state index contributed by atoms with van der Waals surface area (Å²) in [6, 6.07) is 10.1. The van der Waals surface area contributed by atoms with Gasteiger partial charge in [-0.2, -0.15) is 0 Å². The molecule has 0 fully saturated rings. The number of aryl methyl sites for hydroxylation is 1. The highest BCUT2D eigenvalue weighted by Crippen LogP contribution is 2.35.